The summed E-state index contributed by atoms with van der Waals surface area (Å²) in [5, 5.41) is 10.5. The van der Waals surface area contributed by atoms with Crippen LogP contribution >= 0.6 is 0 Å². The van der Waals surface area contributed by atoms with Gasteiger partial charge in [0.2, 0.25) is 0 Å². The molecule has 1 saturated heterocycles. The third-order valence-corrected chi connectivity index (χ3v) is 3.16. The molecule has 1 unspecified atom stereocenters. The number of carbonyl (C=O) groups is 1. The molecule has 1 N–H and O–H groups in total. The first kappa shape index (κ1) is 13.8. The van der Waals surface area contributed by atoms with Crippen LogP contribution in [0.4, 0.5) is 4.79 Å². The number of nitrogens with one attached hydrogen (secondary N) is 1. The molecule has 0 saturated carbocycles. The number of ether oxygens (including phenoxy) is 1. The molecule has 2 amide bonds. The molecular weight excluding hydrogens is 246 g/mol. The number of hydrogen-bond acceptors (Lipinski definition) is 4. The molecule has 7 heteroatoms. The highest BCUT2D eigenvalue weighted by atomic mass is 16.5. The molecule has 1 atom stereocenters. The van der Waals surface area contributed by atoms with Crippen LogP contribution in [-0.4, -0.2) is 58.8 Å². The predicted octanol–water partition coefficient (Wildman–Crippen LogP) is 0.489. The smallest absolute Gasteiger partial charge is 0.317 e. The lowest BCUT2D eigenvalue weighted by Crippen LogP contribution is -2.41. The molecule has 0 bridgehead atoms. The summed E-state index contributed by atoms with van der Waals surface area (Å²) < 4.78 is 7.26. The highest BCUT2D eigenvalue weighted by Gasteiger charge is 2.19. The van der Waals surface area contributed by atoms with E-state index in [2.05, 4.69) is 15.6 Å². The van der Waals surface area contributed by atoms with E-state index in [0.717, 1.165) is 32.4 Å². The fourth-order valence-corrected chi connectivity index (χ4v) is 2.10. The number of rotatable bonds is 6. The van der Waals surface area contributed by atoms with E-state index >= 15 is 0 Å². The molecule has 1 aromatic rings. The van der Waals surface area contributed by atoms with Gasteiger partial charge in [-0.2, -0.15) is 0 Å². The molecule has 0 aliphatic carbocycles. The summed E-state index contributed by atoms with van der Waals surface area (Å²) >= 11 is 0. The molecule has 1 aliphatic rings. The third-order valence-electron chi connectivity index (χ3n) is 3.16. The maximum atomic E-state index is 11.8. The van der Waals surface area contributed by atoms with Crippen LogP contribution in [0.25, 0.3) is 0 Å². The molecule has 1 aliphatic heterocycles. The van der Waals surface area contributed by atoms with Crippen molar-refractivity contribution in [1.82, 2.24) is 25.2 Å². The Kier molecular flexibility index (Phi) is 5.14. The monoisotopic (exact) mass is 267 g/mol. The van der Waals surface area contributed by atoms with Gasteiger partial charge in [0.05, 0.1) is 12.3 Å². The number of likely N-dealkylation sites (N-methyl/N-ethyl adjacent to an activating group) is 1. The maximum absolute atomic E-state index is 11.8. The average Bonchev–Trinajstić information content (AvgIpc) is 3.07. The number of nitrogens with zero attached hydrogens (tertiary/aromatic N) is 4. The van der Waals surface area contributed by atoms with Gasteiger partial charge in [0, 0.05) is 39.5 Å². The van der Waals surface area contributed by atoms with Crippen LogP contribution in [0.2, 0.25) is 0 Å². The van der Waals surface area contributed by atoms with Crippen molar-refractivity contribution in [2.45, 2.75) is 31.9 Å². The minimum atomic E-state index is -0.0471. The standard InChI is InChI=1S/C12H21N5O2/c1-16(10-11-4-2-9-19-11)12(18)13-5-3-7-17-8-6-14-15-17/h6,8,11H,2-5,7,9-10H2,1H3,(H,13,18). The summed E-state index contributed by atoms with van der Waals surface area (Å²) in [5.74, 6) is 0. The Morgan fingerprint density at radius 1 is 1.63 bits per heavy atom. The van der Waals surface area contributed by atoms with Crippen LogP contribution in [0.15, 0.2) is 12.4 Å². The Labute approximate surface area is 112 Å². The highest BCUT2D eigenvalue weighted by molar-refractivity contribution is 5.73. The van der Waals surface area contributed by atoms with E-state index in [1.807, 2.05) is 6.20 Å². The van der Waals surface area contributed by atoms with E-state index in [9.17, 15) is 4.79 Å². The molecule has 0 aromatic carbocycles. The summed E-state index contributed by atoms with van der Waals surface area (Å²) in [6.07, 6.45) is 6.63. The molecule has 1 aromatic heterocycles. The topological polar surface area (TPSA) is 72.3 Å². The van der Waals surface area contributed by atoms with Gasteiger partial charge in [-0.3, -0.25) is 4.68 Å². The van der Waals surface area contributed by atoms with Crippen LogP contribution in [0.3, 0.4) is 0 Å². The predicted molar refractivity (Wildman–Crippen MR) is 69.6 cm³/mol. The lowest BCUT2D eigenvalue weighted by Gasteiger charge is -2.21. The van der Waals surface area contributed by atoms with Gasteiger partial charge >= 0.3 is 6.03 Å². The first-order chi connectivity index (χ1) is 9.25. The molecule has 106 valence electrons. The van der Waals surface area contributed by atoms with Gasteiger partial charge in [0.1, 0.15) is 0 Å². The van der Waals surface area contributed by atoms with Crippen LogP contribution in [-0.2, 0) is 11.3 Å². The summed E-state index contributed by atoms with van der Waals surface area (Å²) in [6.45, 7) is 2.87. The van der Waals surface area contributed by atoms with E-state index in [4.69, 9.17) is 4.74 Å². The fraction of sp³-hybridized carbons (Fsp3) is 0.750. The minimum Gasteiger partial charge on any atom is -0.376 e. The number of aromatic nitrogens is 3. The molecule has 2 heterocycles. The lowest BCUT2D eigenvalue weighted by atomic mass is 10.2. The van der Waals surface area contributed by atoms with Crippen molar-refractivity contribution in [1.29, 1.82) is 0 Å². The van der Waals surface area contributed by atoms with Crippen LogP contribution in [0.1, 0.15) is 19.3 Å². The third kappa shape index (κ3) is 4.51. The van der Waals surface area contributed by atoms with E-state index in [-0.39, 0.29) is 12.1 Å². The van der Waals surface area contributed by atoms with Crippen molar-refractivity contribution >= 4 is 6.03 Å². The Morgan fingerprint density at radius 3 is 3.21 bits per heavy atom. The van der Waals surface area contributed by atoms with Crippen molar-refractivity contribution in [2.24, 2.45) is 0 Å². The Hall–Kier alpha value is -1.63. The summed E-state index contributed by atoms with van der Waals surface area (Å²) in [7, 11) is 1.80. The lowest BCUT2D eigenvalue weighted by molar-refractivity contribution is 0.0875. The van der Waals surface area contributed by atoms with Gasteiger partial charge in [-0.1, -0.05) is 5.21 Å². The number of hydrogen-bond donors (Lipinski definition) is 1. The van der Waals surface area contributed by atoms with Crippen molar-refractivity contribution < 1.29 is 9.53 Å². The Balaban J connectivity index is 1.57. The first-order valence-corrected chi connectivity index (χ1v) is 6.70. The highest BCUT2D eigenvalue weighted by Crippen LogP contribution is 2.12. The van der Waals surface area contributed by atoms with Gasteiger partial charge in [-0.25, -0.2) is 4.79 Å². The van der Waals surface area contributed by atoms with Crippen molar-refractivity contribution in [2.75, 3.05) is 26.7 Å². The van der Waals surface area contributed by atoms with Gasteiger partial charge < -0.3 is 15.0 Å². The van der Waals surface area contributed by atoms with Gasteiger partial charge in [0.25, 0.3) is 0 Å². The fourth-order valence-electron chi connectivity index (χ4n) is 2.10. The number of aryl methyl sites for hydroxylation is 1. The molecule has 7 nitrogen and oxygen atoms in total. The molecule has 2 rings (SSSR count). The van der Waals surface area contributed by atoms with E-state index < -0.39 is 0 Å². The zero-order valence-electron chi connectivity index (χ0n) is 11.3. The second-order valence-corrected chi connectivity index (χ2v) is 4.77. The van der Waals surface area contributed by atoms with Gasteiger partial charge in [-0.15, -0.1) is 5.10 Å². The second-order valence-electron chi connectivity index (χ2n) is 4.77. The summed E-state index contributed by atoms with van der Waals surface area (Å²) in [5.41, 5.74) is 0. The van der Waals surface area contributed by atoms with Crippen LogP contribution in [0.5, 0.6) is 0 Å². The number of carbonyl (C=O) groups excluding carboxylic acids is 1. The molecule has 0 spiro atoms. The quantitative estimate of drug-likeness (QED) is 0.761. The van der Waals surface area contributed by atoms with E-state index in [1.54, 1.807) is 22.8 Å². The molecule has 19 heavy (non-hydrogen) atoms. The second kappa shape index (κ2) is 7.08. The van der Waals surface area contributed by atoms with E-state index in [0.29, 0.717) is 13.1 Å². The van der Waals surface area contributed by atoms with E-state index in [1.165, 1.54) is 0 Å². The molecule has 1 fully saturated rings. The van der Waals surface area contributed by atoms with Crippen LogP contribution < -0.4 is 5.32 Å². The van der Waals surface area contributed by atoms with Crippen molar-refractivity contribution in [3.63, 3.8) is 0 Å². The minimum absolute atomic E-state index is 0.0471. The van der Waals surface area contributed by atoms with Crippen molar-refractivity contribution in [3.05, 3.63) is 12.4 Å². The summed E-state index contributed by atoms with van der Waals surface area (Å²) in [4.78, 5) is 13.5. The average molecular weight is 267 g/mol. The normalized spacial score (nSPS) is 18.5. The molecular formula is C12H21N5O2. The summed E-state index contributed by atoms with van der Waals surface area (Å²) in [6, 6.07) is -0.0471. The van der Waals surface area contributed by atoms with Crippen LogP contribution in [0, 0.1) is 0 Å². The SMILES string of the molecule is CN(CC1CCCO1)C(=O)NCCCn1ccnn1. The number of amides is 2. The zero-order chi connectivity index (χ0) is 13.5. The number of urea groups is 1. The molecule has 0 radical (unpaired) electrons. The zero-order valence-corrected chi connectivity index (χ0v) is 11.3. The Bertz CT molecular complexity index is 375. The maximum Gasteiger partial charge on any atom is 0.317 e. The Morgan fingerprint density at radius 2 is 2.53 bits per heavy atom. The van der Waals surface area contributed by atoms with Gasteiger partial charge in [-0.05, 0) is 19.3 Å². The van der Waals surface area contributed by atoms with Crippen molar-refractivity contribution in [3.8, 4) is 0 Å². The largest absolute Gasteiger partial charge is 0.376 e. The first-order valence-electron chi connectivity index (χ1n) is 6.70. The van der Waals surface area contributed by atoms with Gasteiger partial charge in [0.15, 0.2) is 0 Å².